The Hall–Kier alpha value is -1.80. The van der Waals surface area contributed by atoms with Crippen molar-refractivity contribution in [3.8, 4) is 0 Å². The first-order chi connectivity index (χ1) is 9.61. The average molecular weight is 352 g/mol. The third kappa shape index (κ3) is 2.70. The summed E-state index contributed by atoms with van der Waals surface area (Å²) < 4.78 is 2.24. The van der Waals surface area contributed by atoms with Gasteiger partial charge in [0.25, 0.3) is 11.3 Å². The minimum Gasteiger partial charge on any atom is -0.368 e. The van der Waals surface area contributed by atoms with Crippen LogP contribution in [0.15, 0.2) is 44.5 Å². The number of anilines is 1. The van der Waals surface area contributed by atoms with Crippen molar-refractivity contribution < 1.29 is 0 Å². The summed E-state index contributed by atoms with van der Waals surface area (Å²) in [7, 11) is 0. The Balaban J connectivity index is 1.86. The molecule has 0 atom stereocenters. The Labute approximate surface area is 126 Å². The molecule has 0 amide bonds. The molecule has 6 nitrogen and oxygen atoms in total. The lowest BCUT2D eigenvalue weighted by Crippen LogP contribution is -2.15. The molecule has 102 valence electrons. The largest absolute Gasteiger partial charge is 0.368 e. The molecule has 0 spiro atoms. The Morgan fingerprint density at radius 2 is 2.20 bits per heavy atom. The maximum absolute atomic E-state index is 11.9. The predicted octanol–water partition coefficient (Wildman–Crippen LogP) is 2.05. The van der Waals surface area contributed by atoms with Gasteiger partial charge in [0.15, 0.2) is 0 Å². The zero-order valence-corrected chi connectivity index (χ0v) is 12.6. The molecular weight excluding hydrogens is 342 g/mol. The van der Waals surface area contributed by atoms with Crippen LogP contribution in [0.2, 0.25) is 0 Å². The van der Waals surface area contributed by atoms with Gasteiger partial charge >= 0.3 is 0 Å². The quantitative estimate of drug-likeness (QED) is 0.705. The summed E-state index contributed by atoms with van der Waals surface area (Å²) in [5.41, 5.74) is 5.97. The molecule has 0 aliphatic rings. The van der Waals surface area contributed by atoms with Crippen LogP contribution in [0.3, 0.4) is 0 Å². The van der Waals surface area contributed by atoms with Gasteiger partial charge in [0.2, 0.25) is 5.95 Å². The molecule has 0 radical (unpaired) electrons. The van der Waals surface area contributed by atoms with Crippen molar-refractivity contribution in [2.24, 2.45) is 0 Å². The highest BCUT2D eigenvalue weighted by molar-refractivity contribution is 9.10. The van der Waals surface area contributed by atoms with Crippen molar-refractivity contribution >= 4 is 39.4 Å². The number of aromatic amines is 1. The molecule has 3 N–H and O–H groups in total. The van der Waals surface area contributed by atoms with Crippen molar-refractivity contribution in [1.29, 1.82) is 0 Å². The summed E-state index contributed by atoms with van der Waals surface area (Å²) in [5, 5.41) is 2.63. The van der Waals surface area contributed by atoms with Crippen LogP contribution >= 0.6 is 27.7 Å². The molecule has 8 heteroatoms. The number of nitrogen functional groups attached to an aromatic ring is 1. The number of nitrogens with two attached hydrogens (primary N) is 1. The topological polar surface area (TPSA) is 89.1 Å². The highest BCUT2D eigenvalue weighted by atomic mass is 79.9. The number of hydrogen-bond acceptors (Lipinski definition) is 5. The van der Waals surface area contributed by atoms with Gasteiger partial charge in [-0.05, 0) is 18.2 Å². The van der Waals surface area contributed by atoms with E-state index in [2.05, 4.69) is 31.0 Å². The van der Waals surface area contributed by atoms with E-state index in [1.54, 1.807) is 11.8 Å². The monoisotopic (exact) mass is 351 g/mol. The third-order valence-electron chi connectivity index (χ3n) is 2.58. The van der Waals surface area contributed by atoms with E-state index in [1.807, 2.05) is 24.3 Å². The van der Waals surface area contributed by atoms with E-state index >= 15 is 0 Å². The van der Waals surface area contributed by atoms with Crippen molar-refractivity contribution in [2.45, 2.75) is 10.6 Å². The van der Waals surface area contributed by atoms with Crippen LogP contribution in [0, 0.1) is 0 Å². The summed E-state index contributed by atoms with van der Waals surface area (Å²) in [6.07, 6.45) is 0. The minimum atomic E-state index is -0.218. The number of thioether (sulfide) groups is 1. The summed E-state index contributed by atoms with van der Waals surface area (Å²) in [6.45, 7) is 0. The van der Waals surface area contributed by atoms with E-state index in [1.165, 1.54) is 10.6 Å². The van der Waals surface area contributed by atoms with Crippen molar-refractivity contribution in [2.75, 3.05) is 5.73 Å². The predicted molar refractivity (Wildman–Crippen MR) is 81.7 cm³/mol. The van der Waals surface area contributed by atoms with Crippen LogP contribution in [0.1, 0.15) is 5.69 Å². The van der Waals surface area contributed by atoms with E-state index in [0.29, 0.717) is 17.2 Å². The molecule has 0 fully saturated rings. The van der Waals surface area contributed by atoms with E-state index in [9.17, 15) is 4.79 Å². The smallest absolute Gasteiger partial charge is 0.274 e. The number of rotatable bonds is 3. The van der Waals surface area contributed by atoms with Crippen LogP contribution in [0.4, 0.5) is 5.95 Å². The zero-order chi connectivity index (χ0) is 14.1. The average Bonchev–Trinajstić information content (AvgIpc) is 2.78. The van der Waals surface area contributed by atoms with E-state index in [-0.39, 0.29) is 11.5 Å². The van der Waals surface area contributed by atoms with E-state index < -0.39 is 0 Å². The summed E-state index contributed by atoms with van der Waals surface area (Å²) in [5.74, 6) is 1.06. The molecule has 0 unspecified atom stereocenters. The third-order valence-corrected chi connectivity index (χ3v) is 4.10. The zero-order valence-electron chi connectivity index (χ0n) is 10.2. The number of H-pyrrole nitrogens is 1. The van der Waals surface area contributed by atoms with Gasteiger partial charge in [0.05, 0.1) is 5.69 Å². The number of halogens is 1. The second-order valence-electron chi connectivity index (χ2n) is 4.08. The molecule has 0 saturated carbocycles. The Kier molecular flexibility index (Phi) is 3.49. The summed E-state index contributed by atoms with van der Waals surface area (Å²) in [6, 6.07) is 9.44. The molecule has 20 heavy (non-hydrogen) atoms. The Bertz CT molecular complexity index is 828. The molecule has 0 aliphatic carbocycles. The second-order valence-corrected chi connectivity index (χ2v) is 6.04. The van der Waals surface area contributed by atoms with Gasteiger partial charge in [-0.15, -0.1) is 11.8 Å². The van der Waals surface area contributed by atoms with E-state index in [0.717, 1.165) is 9.37 Å². The number of fused-ring (bicyclic) bond motifs is 1. The molecule has 0 aliphatic heterocycles. The fourth-order valence-electron chi connectivity index (χ4n) is 1.73. The highest BCUT2D eigenvalue weighted by Gasteiger charge is 2.07. The molecule has 3 rings (SSSR count). The van der Waals surface area contributed by atoms with Gasteiger partial charge in [0, 0.05) is 21.2 Å². The first-order valence-electron chi connectivity index (χ1n) is 5.74. The SMILES string of the molecule is Nc1nc2nc(CSc3cccc(Br)c3)cc(=O)n2[nH]1. The number of hydrogen-bond donors (Lipinski definition) is 2. The first-order valence-corrected chi connectivity index (χ1v) is 7.52. The van der Waals surface area contributed by atoms with E-state index in [4.69, 9.17) is 5.73 Å². The lowest BCUT2D eigenvalue weighted by molar-refractivity contribution is 0.891. The van der Waals surface area contributed by atoms with Crippen molar-refractivity contribution in [1.82, 2.24) is 19.6 Å². The first kappa shape index (κ1) is 13.2. The molecular formula is C12H10BrN5OS. The van der Waals surface area contributed by atoms with Crippen LogP contribution in [0.25, 0.3) is 5.78 Å². The number of nitrogens with one attached hydrogen (secondary N) is 1. The van der Waals surface area contributed by atoms with Crippen LogP contribution in [-0.4, -0.2) is 19.6 Å². The maximum atomic E-state index is 11.9. The van der Waals surface area contributed by atoms with Gasteiger partial charge in [-0.3, -0.25) is 9.89 Å². The maximum Gasteiger partial charge on any atom is 0.274 e. The van der Waals surface area contributed by atoms with Gasteiger partial charge in [-0.25, -0.2) is 4.98 Å². The molecule has 3 aromatic rings. The standard InChI is InChI=1S/C12H10BrN5OS/c13-7-2-1-3-9(4-7)20-6-8-5-10(19)18-12(15-8)16-11(14)17-18/h1-5H,6H2,(H3,14,15,16,17). The summed E-state index contributed by atoms with van der Waals surface area (Å²) >= 11 is 5.03. The van der Waals surface area contributed by atoms with Gasteiger partial charge in [-0.1, -0.05) is 22.0 Å². The Morgan fingerprint density at radius 1 is 1.35 bits per heavy atom. The molecule has 2 heterocycles. The summed E-state index contributed by atoms with van der Waals surface area (Å²) in [4.78, 5) is 21.2. The molecule has 0 bridgehead atoms. The van der Waals surface area contributed by atoms with Crippen molar-refractivity contribution in [3.05, 3.63) is 50.9 Å². The highest BCUT2D eigenvalue weighted by Crippen LogP contribution is 2.24. The normalized spacial score (nSPS) is 11.1. The van der Waals surface area contributed by atoms with Gasteiger partial charge in [-0.2, -0.15) is 9.50 Å². The lowest BCUT2D eigenvalue weighted by Gasteiger charge is -2.02. The van der Waals surface area contributed by atoms with Crippen molar-refractivity contribution in [3.63, 3.8) is 0 Å². The van der Waals surface area contributed by atoms with Crippen LogP contribution in [-0.2, 0) is 5.75 Å². The van der Waals surface area contributed by atoms with Crippen LogP contribution < -0.4 is 11.3 Å². The lowest BCUT2D eigenvalue weighted by atomic mass is 10.4. The fourth-order valence-corrected chi connectivity index (χ4v) is 3.13. The molecule has 0 saturated heterocycles. The minimum absolute atomic E-state index is 0.173. The van der Waals surface area contributed by atoms with Gasteiger partial charge < -0.3 is 5.73 Å². The Morgan fingerprint density at radius 3 is 3.00 bits per heavy atom. The second kappa shape index (κ2) is 5.29. The van der Waals surface area contributed by atoms with Crippen LogP contribution in [0.5, 0.6) is 0 Å². The number of aromatic nitrogens is 4. The number of benzene rings is 1. The number of nitrogens with zero attached hydrogens (tertiary/aromatic N) is 3. The van der Waals surface area contributed by atoms with Gasteiger partial charge in [0.1, 0.15) is 0 Å². The molecule has 1 aromatic carbocycles. The fraction of sp³-hybridized carbons (Fsp3) is 0.0833. The molecule has 2 aromatic heterocycles.